The molecule has 0 radical (unpaired) electrons. The first kappa shape index (κ1) is 28.2. The largest absolute Gasteiger partial charge is 0.424 e. The Balaban J connectivity index is 1.40. The molecule has 0 bridgehead atoms. The van der Waals surface area contributed by atoms with Crippen LogP contribution < -0.4 is 15.4 Å². The van der Waals surface area contributed by atoms with Gasteiger partial charge in [-0.2, -0.15) is 9.97 Å². The van der Waals surface area contributed by atoms with Crippen LogP contribution in [0.1, 0.15) is 44.1 Å². The molecule has 4 aromatic rings. The zero-order valence-electron chi connectivity index (χ0n) is 21.7. The van der Waals surface area contributed by atoms with Gasteiger partial charge in [0.2, 0.25) is 5.91 Å². The summed E-state index contributed by atoms with van der Waals surface area (Å²) in [5.74, 6) is 1.79. The minimum atomic E-state index is -0.529. The van der Waals surface area contributed by atoms with E-state index in [9.17, 15) is 4.79 Å². The summed E-state index contributed by atoms with van der Waals surface area (Å²) >= 11 is 18.5. The van der Waals surface area contributed by atoms with Gasteiger partial charge in [-0.25, -0.2) is 4.98 Å². The number of amides is 1. The molecule has 2 aromatic heterocycles. The summed E-state index contributed by atoms with van der Waals surface area (Å²) in [6.45, 7) is 0.283. The van der Waals surface area contributed by atoms with Crippen molar-refractivity contribution in [1.82, 2.24) is 24.8 Å². The lowest BCUT2D eigenvalue weighted by Crippen LogP contribution is -2.41. The van der Waals surface area contributed by atoms with E-state index in [1.807, 2.05) is 6.07 Å². The monoisotopic (exact) mass is 598 g/mol. The van der Waals surface area contributed by atoms with Gasteiger partial charge in [0.1, 0.15) is 29.8 Å². The molecule has 0 aliphatic heterocycles. The molecular formula is C29H29Cl3N6O2. The molecule has 0 unspecified atom stereocenters. The van der Waals surface area contributed by atoms with Gasteiger partial charge in [-0.05, 0) is 48.2 Å². The van der Waals surface area contributed by atoms with Crippen molar-refractivity contribution < 1.29 is 9.53 Å². The fourth-order valence-corrected chi connectivity index (χ4v) is 5.49. The zero-order chi connectivity index (χ0) is 27.9. The fraction of sp³-hybridized carbons (Fsp3) is 0.310. The van der Waals surface area contributed by atoms with Crippen LogP contribution in [-0.2, 0) is 11.3 Å². The van der Waals surface area contributed by atoms with Crippen LogP contribution in [0.3, 0.4) is 0 Å². The van der Waals surface area contributed by atoms with Gasteiger partial charge in [-0.15, -0.1) is 0 Å². The highest BCUT2D eigenvalue weighted by Crippen LogP contribution is 2.29. The normalized spacial score (nSPS) is 14.5. The van der Waals surface area contributed by atoms with Crippen LogP contribution >= 0.6 is 34.8 Å². The molecule has 2 N–H and O–H groups in total. The number of anilines is 1. The molecule has 1 aliphatic carbocycles. The van der Waals surface area contributed by atoms with Crippen molar-refractivity contribution in [1.29, 1.82) is 0 Å². The second-order valence-electron chi connectivity index (χ2n) is 9.81. The van der Waals surface area contributed by atoms with E-state index in [4.69, 9.17) is 39.5 Å². The number of hydrogen-bond acceptors (Lipinski definition) is 6. The lowest BCUT2D eigenvalue weighted by molar-refractivity contribution is -0.122. The molecule has 208 valence electrons. The number of ether oxygens (including phenoxy) is 1. The molecule has 2 aromatic carbocycles. The number of imidazole rings is 1. The van der Waals surface area contributed by atoms with Gasteiger partial charge in [-0.1, -0.05) is 79.0 Å². The standard InChI is InChI=1S/C29H29Cl3N6O2/c30-21-7-4-8-23(14-21)40-29-36-26(16-27(37-29)38-12-11-33-18-38)35-25(13-19-5-2-1-3-6-19)28(39)34-17-20-9-10-22(31)15-24(20)32/h4,7-12,14-16,18-19,25H,1-3,5-6,13,17H2,(H,34,39)(H,35,36,37)/t25-/m1/s1. The van der Waals surface area contributed by atoms with E-state index in [0.29, 0.717) is 44.8 Å². The topological polar surface area (TPSA) is 94.0 Å². The SMILES string of the molecule is O=C(NCc1ccc(Cl)cc1Cl)[C@@H](CC1CCCCC1)Nc1cc(-n2ccnc2)nc(Oc2cccc(Cl)c2)n1. The van der Waals surface area contributed by atoms with Gasteiger partial charge in [-0.3, -0.25) is 9.36 Å². The molecule has 1 saturated carbocycles. The summed E-state index contributed by atoms with van der Waals surface area (Å²) in [5.41, 5.74) is 0.789. The average molecular weight is 600 g/mol. The number of halogens is 3. The van der Waals surface area contributed by atoms with E-state index in [1.165, 1.54) is 19.3 Å². The van der Waals surface area contributed by atoms with Crippen molar-refractivity contribution in [3.63, 3.8) is 0 Å². The van der Waals surface area contributed by atoms with Gasteiger partial charge in [0.05, 0.1) is 0 Å². The minimum absolute atomic E-state index is 0.112. The predicted molar refractivity (Wildman–Crippen MR) is 158 cm³/mol. The highest BCUT2D eigenvalue weighted by molar-refractivity contribution is 6.35. The summed E-state index contributed by atoms with van der Waals surface area (Å²) in [4.78, 5) is 26.8. The quantitative estimate of drug-likeness (QED) is 0.196. The Hall–Kier alpha value is -3.33. The third kappa shape index (κ3) is 7.65. The van der Waals surface area contributed by atoms with E-state index in [-0.39, 0.29) is 18.5 Å². The van der Waals surface area contributed by atoms with Crippen molar-refractivity contribution in [2.45, 2.75) is 51.1 Å². The van der Waals surface area contributed by atoms with Crippen LogP contribution in [0, 0.1) is 5.92 Å². The first-order chi connectivity index (χ1) is 19.4. The van der Waals surface area contributed by atoms with E-state index in [2.05, 4.69) is 25.6 Å². The maximum absolute atomic E-state index is 13.6. The van der Waals surface area contributed by atoms with E-state index < -0.39 is 6.04 Å². The molecule has 1 amide bonds. The summed E-state index contributed by atoms with van der Waals surface area (Å²) in [6, 6.07) is 13.6. The van der Waals surface area contributed by atoms with Crippen molar-refractivity contribution in [3.8, 4) is 17.6 Å². The Labute approximate surface area is 248 Å². The number of nitrogens with one attached hydrogen (secondary N) is 2. The molecule has 1 fully saturated rings. The number of carbonyl (C=O) groups excluding carboxylic acids is 1. The van der Waals surface area contributed by atoms with Crippen molar-refractivity contribution in [2.24, 2.45) is 5.92 Å². The molecule has 0 saturated heterocycles. The van der Waals surface area contributed by atoms with Crippen molar-refractivity contribution in [3.05, 3.63) is 87.9 Å². The fourth-order valence-electron chi connectivity index (χ4n) is 4.83. The Morgan fingerprint density at radius 3 is 2.60 bits per heavy atom. The molecule has 11 heteroatoms. The average Bonchev–Trinajstić information content (AvgIpc) is 3.48. The molecule has 40 heavy (non-hydrogen) atoms. The summed E-state index contributed by atoms with van der Waals surface area (Å²) in [7, 11) is 0. The second-order valence-corrected chi connectivity index (χ2v) is 11.1. The number of aromatic nitrogens is 4. The first-order valence-corrected chi connectivity index (χ1v) is 14.4. The van der Waals surface area contributed by atoms with Crippen LogP contribution in [0.5, 0.6) is 11.8 Å². The van der Waals surface area contributed by atoms with Gasteiger partial charge < -0.3 is 15.4 Å². The number of rotatable bonds is 10. The Morgan fingerprint density at radius 1 is 1.02 bits per heavy atom. The maximum atomic E-state index is 13.6. The molecule has 0 spiro atoms. The summed E-state index contributed by atoms with van der Waals surface area (Å²) in [6.07, 6.45) is 11.5. The zero-order valence-corrected chi connectivity index (χ0v) is 24.0. The van der Waals surface area contributed by atoms with Gasteiger partial charge in [0, 0.05) is 40.1 Å². The minimum Gasteiger partial charge on any atom is -0.424 e. The number of carbonyl (C=O) groups is 1. The lowest BCUT2D eigenvalue weighted by Gasteiger charge is -2.27. The Kier molecular flexibility index (Phi) is 9.41. The molecule has 5 rings (SSSR count). The second kappa shape index (κ2) is 13.4. The Bertz CT molecular complexity index is 1440. The molecule has 1 aliphatic rings. The number of hydrogen-bond donors (Lipinski definition) is 2. The highest BCUT2D eigenvalue weighted by Gasteiger charge is 2.25. The van der Waals surface area contributed by atoms with Crippen molar-refractivity contribution in [2.75, 3.05) is 5.32 Å². The number of nitrogens with zero attached hydrogens (tertiary/aromatic N) is 4. The molecule has 8 nitrogen and oxygen atoms in total. The maximum Gasteiger partial charge on any atom is 0.325 e. The van der Waals surface area contributed by atoms with Crippen LogP contribution in [0.15, 0.2) is 67.3 Å². The van der Waals surface area contributed by atoms with Crippen LogP contribution in [0.25, 0.3) is 5.82 Å². The van der Waals surface area contributed by atoms with E-state index >= 15 is 0 Å². The summed E-state index contributed by atoms with van der Waals surface area (Å²) < 4.78 is 7.70. The van der Waals surface area contributed by atoms with Crippen LogP contribution in [-0.4, -0.2) is 31.5 Å². The molecule has 2 heterocycles. The number of benzene rings is 2. The van der Waals surface area contributed by atoms with Gasteiger partial charge >= 0.3 is 6.01 Å². The molecular weight excluding hydrogens is 571 g/mol. The summed E-state index contributed by atoms with van der Waals surface area (Å²) in [5, 5.41) is 8.00. The van der Waals surface area contributed by atoms with E-state index in [1.54, 1.807) is 65.8 Å². The first-order valence-electron chi connectivity index (χ1n) is 13.2. The predicted octanol–water partition coefficient (Wildman–Crippen LogP) is 7.48. The van der Waals surface area contributed by atoms with E-state index in [0.717, 1.165) is 18.4 Å². The van der Waals surface area contributed by atoms with Gasteiger partial charge in [0.15, 0.2) is 0 Å². The van der Waals surface area contributed by atoms with Gasteiger partial charge in [0.25, 0.3) is 0 Å². The lowest BCUT2D eigenvalue weighted by atomic mass is 9.84. The molecule has 1 atom stereocenters. The van der Waals surface area contributed by atoms with Crippen LogP contribution in [0.4, 0.5) is 5.82 Å². The van der Waals surface area contributed by atoms with Crippen LogP contribution in [0.2, 0.25) is 15.1 Å². The third-order valence-electron chi connectivity index (χ3n) is 6.87. The smallest absolute Gasteiger partial charge is 0.325 e. The third-order valence-corrected chi connectivity index (χ3v) is 7.69. The van der Waals surface area contributed by atoms with Crippen molar-refractivity contribution >= 4 is 46.5 Å². The highest BCUT2D eigenvalue weighted by atomic mass is 35.5. The Morgan fingerprint density at radius 2 is 1.85 bits per heavy atom.